The minimum Gasteiger partial charge on any atom is -0.465 e. The highest BCUT2D eigenvalue weighted by molar-refractivity contribution is 9.10. The van der Waals surface area contributed by atoms with Gasteiger partial charge in [-0.15, -0.1) is 0 Å². The van der Waals surface area contributed by atoms with E-state index in [0.717, 1.165) is 20.9 Å². The molecule has 0 aliphatic heterocycles. The lowest BCUT2D eigenvalue weighted by molar-refractivity contribution is 0.0602. The van der Waals surface area contributed by atoms with Gasteiger partial charge in [-0.2, -0.15) is 0 Å². The van der Waals surface area contributed by atoms with E-state index in [1.165, 1.54) is 7.11 Å². The topological polar surface area (TPSA) is 31.2 Å². The number of ether oxygens (including phenoxy) is 1. The van der Waals surface area contributed by atoms with Crippen molar-refractivity contribution in [3.05, 3.63) is 69.3 Å². The Morgan fingerprint density at radius 1 is 1.23 bits per heavy atom. The van der Waals surface area contributed by atoms with Crippen molar-refractivity contribution in [2.24, 2.45) is 0 Å². The second-order valence-corrected chi connectivity index (χ2v) is 6.30. The molecule has 1 aromatic heterocycles. The van der Waals surface area contributed by atoms with Gasteiger partial charge in [0.05, 0.1) is 18.2 Å². The quantitative estimate of drug-likeness (QED) is 0.608. The third-order valence-electron chi connectivity index (χ3n) is 3.50. The first-order valence-corrected chi connectivity index (χ1v) is 7.87. The number of halogens is 2. The minimum absolute atomic E-state index is 0.345. The molecule has 1 heterocycles. The van der Waals surface area contributed by atoms with Crippen LogP contribution in [0.15, 0.2) is 53.1 Å². The summed E-state index contributed by atoms with van der Waals surface area (Å²) < 4.78 is 7.79. The molecule has 0 spiro atoms. The molecule has 0 atom stereocenters. The summed E-state index contributed by atoms with van der Waals surface area (Å²) in [5.74, 6) is -0.345. The van der Waals surface area contributed by atoms with Gasteiger partial charge in [-0.25, -0.2) is 4.79 Å². The van der Waals surface area contributed by atoms with Gasteiger partial charge in [-0.05, 0) is 35.9 Å². The number of rotatable bonds is 3. The average molecular weight is 379 g/mol. The van der Waals surface area contributed by atoms with Crippen molar-refractivity contribution in [3.63, 3.8) is 0 Å². The Morgan fingerprint density at radius 2 is 1.95 bits per heavy atom. The number of benzene rings is 2. The molecule has 3 rings (SSSR count). The average Bonchev–Trinajstić information content (AvgIpc) is 2.90. The fourth-order valence-corrected chi connectivity index (χ4v) is 3.10. The van der Waals surface area contributed by atoms with Gasteiger partial charge in [0.15, 0.2) is 0 Å². The summed E-state index contributed by atoms with van der Waals surface area (Å²) in [5, 5.41) is 1.70. The number of fused-ring (bicyclic) bond motifs is 1. The summed E-state index contributed by atoms with van der Waals surface area (Å²) in [6, 6.07) is 13.4. The van der Waals surface area contributed by atoms with Crippen molar-refractivity contribution in [1.82, 2.24) is 4.57 Å². The molecule has 22 heavy (non-hydrogen) atoms. The van der Waals surface area contributed by atoms with Crippen LogP contribution in [0.5, 0.6) is 0 Å². The smallest absolute Gasteiger partial charge is 0.340 e. The van der Waals surface area contributed by atoms with Crippen molar-refractivity contribution >= 4 is 44.4 Å². The molecule has 0 saturated heterocycles. The normalized spacial score (nSPS) is 10.9. The van der Waals surface area contributed by atoms with Crippen molar-refractivity contribution in [1.29, 1.82) is 0 Å². The summed E-state index contributed by atoms with van der Waals surface area (Å²) in [5.41, 5.74) is 2.52. The van der Waals surface area contributed by atoms with Crippen LogP contribution in [0.1, 0.15) is 15.9 Å². The van der Waals surface area contributed by atoms with Gasteiger partial charge in [0, 0.05) is 27.6 Å². The van der Waals surface area contributed by atoms with E-state index in [0.29, 0.717) is 17.1 Å². The number of hydrogen-bond donors (Lipinski definition) is 0. The number of carbonyl (C=O) groups excluding carboxylic acids is 1. The van der Waals surface area contributed by atoms with Crippen LogP contribution in [-0.4, -0.2) is 17.6 Å². The maximum Gasteiger partial charge on any atom is 0.340 e. The lowest BCUT2D eigenvalue weighted by Gasteiger charge is -2.10. The van der Waals surface area contributed by atoms with Crippen molar-refractivity contribution in [2.45, 2.75) is 6.54 Å². The first-order valence-electron chi connectivity index (χ1n) is 6.69. The van der Waals surface area contributed by atoms with Crippen LogP contribution in [0.4, 0.5) is 0 Å². The Labute approximate surface area is 141 Å². The number of carbonyl (C=O) groups is 1. The first kappa shape index (κ1) is 15.1. The minimum atomic E-state index is -0.345. The molecular formula is C17H13BrClNO2. The molecule has 0 bridgehead atoms. The lowest BCUT2D eigenvalue weighted by atomic mass is 10.1. The van der Waals surface area contributed by atoms with E-state index < -0.39 is 0 Å². The van der Waals surface area contributed by atoms with Gasteiger partial charge in [0.1, 0.15) is 0 Å². The number of aromatic nitrogens is 1. The number of methoxy groups -OCH3 is 1. The molecule has 0 aliphatic rings. The molecule has 112 valence electrons. The number of nitrogens with zero attached hydrogens (tertiary/aromatic N) is 1. The van der Waals surface area contributed by atoms with Crippen LogP contribution in [-0.2, 0) is 11.3 Å². The van der Waals surface area contributed by atoms with Crippen molar-refractivity contribution in [2.75, 3.05) is 7.11 Å². The highest BCUT2D eigenvalue weighted by Gasteiger charge is 2.15. The van der Waals surface area contributed by atoms with Gasteiger partial charge in [-0.1, -0.05) is 39.7 Å². The van der Waals surface area contributed by atoms with Crippen molar-refractivity contribution < 1.29 is 9.53 Å². The van der Waals surface area contributed by atoms with E-state index in [4.69, 9.17) is 16.3 Å². The Bertz CT molecular complexity index is 840. The maximum atomic E-state index is 12.1. The highest BCUT2D eigenvalue weighted by Crippen LogP contribution is 2.27. The Balaban J connectivity index is 2.10. The van der Waals surface area contributed by atoms with E-state index >= 15 is 0 Å². The van der Waals surface area contributed by atoms with Crippen LogP contribution in [0.25, 0.3) is 10.9 Å². The monoisotopic (exact) mass is 377 g/mol. The summed E-state index contributed by atoms with van der Waals surface area (Å²) in [7, 11) is 1.39. The standard InChI is InChI=1S/C17H13BrClNO2/c1-22-17(21)15-9-13(18)8-12-6-7-20(16(12)15)10-11-2-4-14(19)5-3-11/h2-9H,10H2,1H3. The molecule has 0 unspecified atom stereocenters. The van der Waals surface area contributed by atoms with Crippen molar-refractivity contribution in [3.8, 4) is 0 Å². The largest absolute Gasteiger partial charge is 0.465 e. The molecule has 0 saturated carbocycles. The number of hydrogen-bond acceptors (Lipinski definition) is 2. The van der Waals surface area contributed by atoms with Gasteiger partial charge >= 0.3 is 5.97 Å². The first-order chi connectivity index (χ1) is 10.6. The summed E-state index contributed by atoms with van der Waals surface area (Å²) >= 11 is 9.35. The predicted octanol–water partition coefficient (Wildman–Crippen LogP) is 4.89. The van der Waals surface area contributed by atoms with E-state index in [-0.39, 0.29) is 5.97 Å². The Hall–Kier alpha value is -1.78. The molecular weight excluding hydrogens is 366 g/mol. The third kappa shape index (κ3) is 2.89. The molecule has 0 fully saturated rings. The maximum absolute atomic E-state index is 12.1. The molecule has 0 radical (unpaired) electrons. The zero-order chi connectivity index (χ0) is 15.7. The SMILES string of the molecule is COC(=O)c1cc(Br)cc2ccn(Cc3ccc(Cl)cc3)c12. The molecule has 5 heteroatoms. The molecule has 3 aromatic rings. The predicted molar refractivity (Wildman–Crippen MR) is 91.5 cm³/mol. The molecule has 3 nitrogen and oxygen atoms in total. The van der Waals surface area contributed by atoms with Crippen LogP contribution < -0.4 is 0 Å². The van der Waals surface area contributed by atoms with Gasteiger partial charge in [0.25, 0.3) is 0 Å². The summed E-state index contributed by atoms with van der Waals surface area (Å²) in [4.78, 5) is 12.1. The fraction of sp³-hybridized carbons (Fsp3) is 0.118. The zero-order valence-electron chi connectivity index (χ0n) is 11.8. The van der Waals surface area contributed by atoms with Crippen LogP contribution >= 0.6 is 27.5 Å². The summed E-state index contributed by atoms with van der Waals surface area (Å²) in [6.07, 6.45) is 1.97. The van der Waals surface area contributed by atoms with Crippen LogP contribution in [0.3, 0.4) is 0 Å². The Morgan fingerprint density at radius 3 is 2.64 bits per heavy atom. The number of esters is 1. The van der Waals surface area contributed by atoms with E-state index in [1.54, 1.807) is 6.07 Å². The molecule has 0 amide bonds. The Kier molecular flexibility index (Phi) is 4.23. The lowest BCUT2D eigenvalue weighted by Crippen LogP contribution is -2.06. The third-order valence-corrected chi connectivity index (χ3v) is 4.21. The van der Waals surface area contributed by atoms with Gasteiger partial charge in [0.2, 0.25) is 0 Å². The highest BCUT2D eigenvalue weighted by atomic mass is 79.9. The van der Waals surface area contributed by atoms with Gasteiger partial charge in [-0.3, -0.25) is 0 Å². The zero-order valence-corrected chi connectivity index (χ0v) is 14.2. The van der Waals surface area contributed by atoms with E-state index in [2.05, 4.69) is 15.9 Å². The summed E-state index contributed by atoms with van der Waals surface area (Å²) in [6.45, 7) is 0.659. The van der Waals surface area contributed by atoms with Gasteiger partial charge < -0.3 is 9.30 Å². The van der Waals surface area contributed by atoms with E-state index in [9.17, 15) is 4.79 Å². The molecule has 0 aliphatic carbocycles. The molecule has 2 aromatic carbocycles. The van der Waals surface area contributed by atoms with Crippen LogP contribution in [0, 0.1) is 0 Å². The second kappa shape index (κ2) is 6.15. The van der Waals surface area contributed by atoms with Crippen LogP contribution in [0.2, 0.25) is 5.02 Å². The second-order valence-electron chi connectivity index (χ2n) is 4.95. The van der Waals surface area contributed by atoms with E-state index in [1.807, 2.05) is 47.2 Å². The molecule has 0 N–H and O–H groups in total. The fourth-order valence-electron chi connectivity index (χ4n) is 2.50.